The molecule has 0 aliphatic rings. The summed E-state index contributed by atoms with van der Waals surface area (Å²) >= 11 is 5.75. The minimum Gasteiger partial charge on any atom is -0.508 e. The van der Waals surface area contributed by atoms with E-state index in [0.717, 1.165) is 17.7 Å². The molecule has 0 saturated carbocycles. The highest BCUT2D eigenvalue weighted by atomic mass is 35.5. The van der Waals surface area contributed by atoms with E-state index in [1.807, 2.05) is 19.1 Å². The molecule has 1 unspecified atom stereocenters. The van der Waals surface area contributed by atoms with Crippen LogP contribution in [-0.4, -0.2) is 5.11 Å². The predicted octanol–water partition coefficient (Wildman–Crippen LogP) is 4.75. The summed E-state index contributed by atoms with van der Waals surface area (Å²) < 4.78 is 13.1. The molecule has 0 radical (unpaired) electrons. The number of benzene rings is 2. The zero-order valence-corrected chi connectivity index (χ0v) is 11.3. The molecule has 4 heteroatoms. The van der Waals surface area contributed by atoms with Gasteiger partial charge in [-0.25, -0.2) is 4.39 Å². The second kappa shape index (κ2) is 5.93. The first-order valence-corrected chi connectivity index (χ1v) is 6.49. The molecule has 0 saturated heterocycles. The van der Waals surface area contributed by atoms with Crippen LogP contribution in [0.1, 0.15) is 24.9 Å². The van der Waals surface area contributed by atoms with Gasteiger partial charge in [-0.05, 0) is 30.7 Å². The van der Waals surface area contributed by atoms with E-state index < -0.39 is 5.82 Å². The molecule has 19 heavy (non-hydrogen) atoms. The Balaban J connectivity index is 2.24. The lowest BCUT2D eigenvalue weighted by atomic mass is 10.0. The fourth-order valence-corrected chi connectivity index (χ4v) is 2.15. The lowest BCUT2D eigenvalue weighted by Crippen LogP contribution is -2.09. The molecule has 0 amide bonds. The van der Waals surface area contributed by atoms with Gasteiger partial charge in [-0.15, -0.1) is 0 Å². The van der Waals surface area contributed by atoms with Crippen LogP contribution in [0.15, 0.2) is 42.5 Å². The summed E-state index contributed by atoms with van der Waals surface area (Å²) in [6.45, 7) is 2.01. The number of hydrogen-bond donors (Lipinski definition) is 2. The van der Waals surface area contributed by atoms with Gasteiger partial charge in [0.25, 0.3) is 0 Å². The molecule has 2 nitrogen and oxygen atoms in total. The van der Waals surface area contributed by atoms with E-state index in [0.29, 0.717) is 0 Å². The van der Waals surface area contributed by atoms with Gasteiger partial charge in [0, 0.05) is 11.3 Å². The fourth-order valence-electron chi connectivity index (χ4n) is 1.97. The van der Waals surface area contributed by atoms with E-state index in [9.17, 15) is 9.50 Å². The van der Waals surface area contributed by atoms with Crippen LogP contribution in [0.2, 0.25) is 5.02 Å². The van der Waals surface area contributed by atoms with Crippen LogP contribution in [0.25, 0.3) is 0 Å². The van der Waals surface area contributed by atoms with E-state index in [1.54, 1.807) is 24.3 Å². The standard InChI is InChI=1S/C15H15ClFNO/c1-2-14(11-5-3-4-6-15(11)19)18-10-7-8-13(17)12(16)9-10/h3-9,14,18-19H,2H2,1H3. The molecular formula is C15H15ClFNO. The molecule has 0 bridgehead atoms. The first kappa shape index (κ1) is 13.7. The van der Waals surface area contributed by atoms with Gasteiger partial charge in [-0.1, -0.05) is 36.7 Å². The minimum atomic E-state index is -0.442. The summed E-state index contributed by atoms with van der Waals surface area (Å²) in [6, 6.07) is 11.6. The van der Waals surface area contributed by atoms with Crippen molar-refractivity contribution in [2.24, 2.45) is 0 Å². The zero-order valence-electron chi connectivity index (χ0n) is 10.5. The van der Waals surface area contributed by atoms with Gasteiger partial charge in [-0.2, -0.15) is 0 Å². The van der Waals surface area contributed by atoms with Crippen LogP contribution < -0.4 is 5.32 Å². The van der Waals surface area contributed by atoms with E-state index in [2.05, 4.69) is 5.32 Å². The molecule has 0 heterocycles. The van der Waals surface area contributed by atoms with Crippen LogP contribution in [0.5, 0.6) is 5.75 Å². The first-order valence-electron chi connectivity index (χ1n) is 6.11. The van der Waals surface area contributed by atoms with Crippen LogP contribution >= 0.6 is 11.6 Å². The van der Waals surface area contributed by atoms with E-state index in [4.69, 9.17) is 11.6 Å². The number of halogens is 2. The van der Waals surface area contributed by atoms with Gasteiger partial charge >= 0.3 is 0 Å². The van der Waals surface area contributed by atoms with Crippen molar-refractivity contribution in [3.63, 3.8) is 0 Å². The number of phenols is 1. The average Bonchev–Trinajstić information content (AvgIpc) is 2.41. The van der Waals surface area contributed by atoms with Crippen molar-refractivity contribution in [3.8, 4) is 5.75 Å². The molecular weight excluding hydrogens is 265 g/mol. The van der Waals surface area contributed by atoms with Gasteiger partial charge < -0.3 is 10.4 Å². The topological polar surface area (TPSA) is 32.3 Å². The Morgan fingerprint density at radius 2 is 2.00 bits per heavy atom. The summed E-state index contributed by atoms with van der Waals surface area (Å²) in [6.07, 6.45) is 0.784. The highest BCUT2D eigenvalue weighted by Crippen LogP contribution is 2.30. The molecule has 2 rings (SSSR count). The quantitative estimate of drug-likeness (QED) is 0.846. The van der Waals surface area contributed by atoms with Crippen molar-refractivity contribution in [2.45, 2.75) is 19.4 Å². The molecule has 0 aromatic heterocycles. The molecule has 1 atom stereocenters. The first-order chi connectivity index (χ1) is 9.11. The Morgan fingerprint density at radius 1 is 1.26 bits per heavy atom. The normalized spacial score (nSPS) is 12.2. The van der Waals surface area contributed by atoms with Crippen molar-refractivity contribution < 1.29 is 9.50 Å². The van der Waals surface area contributed by atoms with E-state index in [-0.39, 0.29) is 16.8 Å². The number of anilines is 1. The maximum Gasteiger partial charge on any atom is 0.141 e. The van der Waals surface area contributed by atoms with Crippen molar-refractivity contribution in [1.82, 2.24) is 0 Å². The van der Waals surface area contributed by atoms with Crippen molar-refractivity contribution in [1.29, 1.82) is 0 Å². The third-order valence-electron chi connectivity index (χ3n) is 2.98. The molecule has 2 N–H and O–H groups in total. The average molecular weight is 280 g/mol. The van der Waals surface area contributed by atoms with Gasteiger partial charge in [0.2, 0.25) is 0 Å². The number of nitrogens with one attached hydrogen (secondary N) is 1. The summed E-state index contributed by atoms with van der Waals surface area (Å²) in [4.78, 5) is 0. The molecule has 0 spiro atoms. The monoisotopic (exact) mass is 279 g/mol. The number of para-hydroxylation sites is 1. The molecule has 0 aliphatic carbocycles. The number of rotatable bonds is 4. The molecule has 2 aromatic carbocycles. The van der Waals surface area contributed by atoms with Gasteiger partial charge in [-0.3, -0.25) is 0 Å². The van der Waals surface area contributed by atoms with Crippen LogP contribution in [0.3, 0.4) is 0 Å². The molecule has 0 fully saturated rings. The van der Waals surface area contributed by atoms with Crippen LogP contribution in [-0.2, 0) is 0 Å². The van der Waals surface area contributed by atoms with E-state index >= 15 is 0 Å². The third-order valence-corrected chi connectivity index (χ3v) is 3.27. The zero-order chi connectivity index (χ0) is 13.8. The number of aromatic hydroxyl groups is 1. The Bertz CT molecular complexity index is 574. The highest BCUT2D eigenvalue weighted by Gasteiger charge is 2.13. The molecule has 2 aromatic rings. The van der Waals surface area contributed by atoms with Gasteiger partial charge in [0.15, 0.2) is 0 Å². The second-order valence-electron chi connectivity index (χ2n) is 4.29. The molecule has 100 valence electrons. The molecule has 0 aliphatic heterocycles. The highest BCUT2D eigenvalue weighted by molar-refractivity contribution is 6.31. The SMILES string of the molecule is CCC(Nc1ccc(F)c(Cl)c1)c1ccccc1O. The Labute approximate surface area is 116 Å². The Kier molecular flexibility index (Phi) is 4.27. The van der Waals surface area contributed by atoms with Gasteiger partial charge in [0.1, 0.15) is 11.6 Å². The second-order valence-corrected chi connectivity index (χ2v) is 4.70. The van der Waals surface area contributed by atoms with Crippen molar-refractivity contribution >= 4 is 17.3 Å². The summed E-state index contributed by atoms with van der Waals surface area (Å²) in [5.41, 5.74) is 1.53. The number of phenolic OH excluding ortho intramolecular Hbond substituents is 1. The Morgan fingerprint density at radius 3 is 2.63 bits per heavy atom. The third kappa shape index (κ3) is 3.18. The minimum absolute atomic E-state index is 0.0530. The largest absolute Gasteiger partial charge is 0.508 e. The Hall–Kier alpha value is -1.74. The maximum absolute atomic E-state index is 13.1. The van der Waals surface area contributed by atoms with Crippen LogP contribution in [0.4, 0.5) is 10.1 Å². The summed E-state index contributed by atoms with van der Waals surface area (Å²) in [5, 5.41) is 13.2. The van der Waals surface area contributed by atoms with Crippen molar-refractivity contribution in [2.75, 3.05) is 5.32 Å². The van der Waals surface area contributed by atoms with Crippen LogP contribution in [0, 0.1) is 5.82 Å². The lowest BCUT2D eigenvalue weighted by molar-refractivity contribution is 0.463. The van der Waals surface area contributed by atoms with Gasteiger partial charge in [0.05, 0.1) is 11.1 Å². The summed E-state index contributed by atoms with van der Waals surface area (Å²) in [5.74, 6) is -0.196. The number of hydrogen-bond acceptors (Lipinski definition) is 2. The lowest BCUT2D eigenvalue weighted by Gasteiger charge is -2.20. The fraction of sp³-hybridized carbons (Fsp3) is 0.200. The van der Waals surface area contributed by atoms with E-state index in [1.165, 1.54) is 6.07 Å². The summed E-state index contributed by atoms with van der Waals surface area (Å²) in [7, 11) is 0. The smallest absolute Gasteiger partial charge is 0.141 e. The van der Waals surface area contributed by atoms with Crippen molar-refractivity contribution in [3.05, 3.63) is 58.9 Å². The predicted molar refractivity (Wildman–Crippen MR) is 76.2 cm³/mol. The maximum atomic E-state index is 13.1.